The number of aliphatic carboxylic acids is 2. The van der Waals surface area contributed by atoms with Crippen LogP contribution in [0.4, 0.5) is 0 Å². The Labute approximate surface area is 346 Å². The molecule has 1 fully saturated rings. The van der Waals surface area contributed by atoms with Crippen molar-refractivity contribution in [1.82, 2.24) is 4.90 Å². The SMILES string of the molecule is CN1CCC(=C2c3ccccc3Sc3ccccc32)CC1.COc1cc2c(cc1OC)C1C(=O)c3c(O)cc4c(c3OC1CO2)C=CC(C)(C)O4.O=C(O)C=CC(=O)O. The number of aromatic hydroxyl groups is 1. The van der Waals surface area contributed by atoms with Gasteiger partial charge in [0.15, 0.2) is 17.3 Å². The molecule has 12 nitrogen and oxygen atoms in total. The molecule has 4 aromatic rings. The lowest BCUT2D eigenvalue weighted by atomic mass is 9.80. The number of ketones is 1. The molecule has 5 heterocycles. The van der Waals surface area contributed by atoms with Gasteiger partial charge in [0.1, 0.15) is 46.9 Å². The number of hydrogen-bond acceptors (Lipinski definition) is 11. The Balaban J connectivity index is 0.000000158. The molecule has 0 aliphatic carbocycles. The molecule has 0 spiro atoms. The molecule has 0 saturated carbocycles. The van der Waals surface area contributed by atoms with Crippen molar-refractivity contribution in [3.63, 3.8) is 0 Å². The molecule has 59 heavy (non-hydrogen) atoms. The fourth-order valence-corrected chi connectivity index (χ4v) is 8.81. The molecule has 9 rings (SSSR count). The summed E-state index contributed by atoms with van der Waals surface area (Å²) in [5.41, 5.74) is 6.93. The molecule has 4 aromatic carbocycles. The zero-order chi connectivity index (χ0) is 42.0. The van der Waals surface area contributed by atoms with Gasteiger partial charge in [-0.3, -0.25) is 4.79 Å². The van der Waals surface area contributed by atoms with Gasteiger partial charge >= 0.3 is 11.9 Å². The van der Waals surface area contributed by atoms with Crippen LogP contribution in [0.1, 0.15) is 65.2 Å². The Kier molecular flexibility index (Phi) is 11.8. The Bertz CT molecular complexity index is 2340. The maximum absolute atomic E-state index is 13.6. The van der Waals surface area contributed by atoms with Crippen LogP contribution < -0.4 is 23.7 Å². The normalized spacial score (nSPS) is 19.2. The van der Waals surface area contributed by atoms with Crippen LogP contribution in [0.15, 0.2) is 100 Å². The van der Waals surface area contributed by atoms with Crippen LogP contribution in [0.5, 0.6) is 34.5 Å². The van der Waals surface area contributed by atoms with E-state index in [0.717, 1.165) is 0 Å². The number of piperidine rings is 1. The number of ether oxygens (including phenoxy) is 5. The maximum atomic E-state index is 13.6. The average molecular weight is 820 g/mol. The van der Waals surface area contributed by atoms with Gasteiger partial charge in [-0.2, -0.15) is 0 Å². The monoisotopic (exact) mass is 819 g/mol. The van der Waals surface area contributed by atoms with Gasteiger partial charge in [0.25, 0.3) is 0 Å². The van der Waals surface area contributed by atoms with Gasteiger partial charge < -0.3 is 43.9 Å². The first-order valence-corrected chi connectivity index (χ1v) is 19.9. The third-order valence-corrected chi connectivity index (χ3v) is 11.7. The molecule has 0 radical (unpaired) electrons. The maximum Gasteiger partial charge on any atom is 0.328 e. The first-order chi connectivity index (χ1) is 28.3. The lowest BCUT2D eigenvalue weighted by molar-refractivity contribution is -0.134. The summed E-state index contributed by atoms with van der Waals surface area (Å²) in [5.74, 6) is -1.17. The molecule has 0 bridgehead atoms. The van der Waals surface area contributed by atoms with E-state index in [4.69, 9.17) is 33.9 Å². The fraction of sp³-hybridized carbons (Fsp3) is 0.283. The van der Waals surface area contributed by atoms with Gasteiger partial charge in [-0.15, -0.1) is 0 Å². The molecule has 5 aliphatic heterocycles. The number of Topliss-reactive ketones (excluding diaryl/α,β-unsaturated/α-hetero) is 1. The summed E-state index contributed by atoms with van der Waals surface area (Å²) in [5, 5.41) is 26.3. The van der Waals surface area contributed by atoms with Crippen LogP contribution in [0.3, 0.4) is 0 Å². The average Bonchev–Trinajstić information content (AvgIpc) is 3.21. The Morgan fingerprint density at radius 3 is 2.07 bits per heavy atom. The number of hydrogen-bond donors (Lipinski definition) is 3. The van der Waals surface area contributed by atoms with E-state index < -0.39 is 29.6 Å². The van der Waals surface area contributed by atoms with Crippen molar-refractivity contribution in [1.29, 1.82) is 0 Å². The number of carbonyl (C=O) groups is 3. The molecule has 13 heteroatoms. The molecule has 3 N–H and O–H groups in total. The van der Waals surface area contributed by atoms with E-state index in [-0.39, 0.29) is 23.7 Å². The molecule has 306 valence electrons. The van der Waals surface area contributed by atoms with Crippen LogP contribution in [0.25, 0.3) is 11.6 Å². The van der Waals surface area contributed by atoms with Gasteiger partial charge in [0.05, 0.1) is 25.7 Å². The highest BCUT2D eigenvalue weighted by Gasteiger charge is 2.46. The van der Waals surface area contributed by atoms with Gasteiger partial charge in [0.2, 0.25) is 0 Å². The van der Waals surface area contributed by atoms with E-state index in [1.165, 1.54) is 65.6 Å². The third kappa shape index (κ3) is 8.53. The minimum absolute atomic E-state index is 0.158. The number of benzene rings is 4. The summed E-state index contributed by atoms with van der Waals surface area (Å²) in [6, 6.07) is 22.7. The third-order valence-electron chi connectivity index (χ3n) is 10.6. The molecule has 5 aliphatic rings. The minimum Gasteiger partial charge on any atom is -0.507 e. The molecule has 2 unspecified atom stereocenters. The number of carboxylic acids is 2. The zero-order valence-corrected chi connectivity index (χ0v) is 34.1. The Morgan fingerprint density at radius 2 is 1.47 bits per heavy atom. The van der Waals surface area contributed by atoms with E-state index >= 15 is 0 Å². The van der Waals surface area contributed by atoms with Crippen molar-refractivity contribution in [2.75, 3.05) is 41.0 Å². The van der Waals surface area contributed by atoms with Crippen LogP contribution in [-0.4, -0.2) is 90.6 Å². The number of phenols is 1. The van der Waals surface area contributed by atoms with Gasteiger partial charge in [-0.05, 0) is 80.8 Å². The number of methoxy groups -OCH3 is 2. The predicted molar refractivity (Wildman–Crippen MR) is 223 cm³/mol. The molecular formula is C46H45NO11S. The first-order valence-electron chi connectivity index (χ1n) is 19.1. The van der Waals surface area contributed by atoms with Crippen molar-refractivity contribution in [3.05, 3.63) is 118 Å². The van der Waals surface area contributed by atoms with Crippen molar-refractivity contribution in [2.24, 2.45) is 0 Å². The highest BCUT2D eigenvalue weighted by Crippen LogP contribution is 2.52. The lowest BCUT2D eigenvalue weighted by Crippen LogP contribution is -2.43. The van der Waals surface area contributed by atoms with Gasteiger partial charge in [-0.1, -0.05) is 53.7 Å². The lowest BCUT2D eigenvalue weighted by Gasteiger charge is -2.39. The number of nitrogens with zero attached hydrogens (tertiary/aromatic N) is 1. The summed E-state index contributed by atoms with van der Waals surface area (Å²) in [6.07, 6.45) is 6.74. The number of phenolic OH excluding ortho intramolecular Hbond substituents is 1. The smallest absolute Gasteiger partial charge is 0.328 e. The summed E-state index contributed by atoms with van der Waals surface area (Å²) in [4.78, 5) is 37.9. The number of fused-ring (bicyclic) bond motifs is 8. The quantitative estimate of drug-likeness (QED) is 0.149. The van der Waals surface area contributed by atoms with E-state index in [1.807, 2.05) is 37.8 Å². The van der Waals surface area contributed by atoms with Crippen molar-refractivity contribution in [2.45, 2.75) is 54.1 Å². The standard InChI is InChI=1S/C23H22O7.C19H19NS.C4H4O4/c1-23(2)6-5-11-15(30-23)8-13(24)20-21(25)19-12-7-16(26-3)17(27-4)9-14(12)28-10-18(19)29-22(11)20;1-20-12-10-14(11-13-20)19-15-6-2-4-8-17(15)21-18-9-5-3-7-16(18)19;5-3(6)1-2-4(7)8/h5-9,18-19,24H,10H2,1-4H3;2-9H,10-13H2,1H3;1-2H,(H,5,6)(H,7,8). The van der Waals surface area contributed by atoms with Crippen LogP contribution in [-0.2, 0) is 9.59 Å². The Hall–Kier alpha value is -6.18. The van der Waals surface area contributed by atoms with Crippen molar-refractivity contribution in [3.8, 4) is 34.5 Å². The topological polar surface area (TPSA) is 161 Å². The fourth-order valence-electron chi connectivity index (χ4n) is 7.72. The van der Waals surface area contributed by atoms with Crippen molar-refractivity contribution >= 4 is 41.1 Å². The van der Waals surface area contributed by atoms with Crippen LogP contribution in [0, 0.1) is 0 Å². The van der Waals surface area contributed by atoms with Gasteiger partial charge in [0, 0.05) is 52.7 Å². The zero-order valence-electron chi connectivity index (χ0n) is 33.3. The molecular weight excluding hydrogens is 775 g/mol. The second-order valence-corrected chi connectivity index (χ2v) is 16.1. The van der Waals surface area contributed by atoms with E-state index in [0.29, 0.717) is 52.0 Å². The van der Waals surface area contributed by atoms with E-state index in [2.05, 4.69) is 60.5 Å². The second-order valence-electron chi connectivity index (χ2n) is 15.0. The van der Waals surface area contributed by atoms with E-state index in [1.54, 1.807) is 24.8 Å². The number of rotatable bonds is 4. The summed E-state index contributed by atoms with van der Waals surface area (Å²) in [6.45, 7) is 6.38. The molecule has 0 aromatic heterocycles. The summed E-state index contributed by atoms with van der Waals surface area (Å²) < 4.78 is 28.8. The highest BCUT2D eigenvalue weighted by atomic mass is 32.2. The largest absolute Gasteiger partial charge is 0.507 e. The second kappa shape index (κ2) is 17.0. The van der Waals surface area contributed by atoms with E-state index in [9.17, 15) is 19.5 Å². The highest BCUT2D eigenvalue weighted by molar-refractivity contribution is 7.99. The summed E-state index contributed by atoms with van der Waals surface area (Å²) in [7, 11) is 5.30. The number of likely N-dealkylation sites (tertiary alicyclic amines) is 1. The minimum atomic E-state index is -1.26. The van der Waals surface area contributed by atoms with Gasteiger partial charge in [-0.25, -0.2) is 9.59 Å². The summed E-state index contributed by atoms with van der Waals surface area (Å²) >= 11 is 1.91. The molecule has 1 saturated heterocycles. The molecule has 2 atom stereocenters. The predicted octanol–water partition coefficient (Wildman–Crippen LogP) is 8.10. The Morgan fingerprint density at radius 1 is 0.881 bits per heavy atom. The van der Waals surface area contributed by atoms with Crippen LogP contribution >= 0.6 is 11.8 Å². The number of carbonyl (C=O) groups excluding carboxylic acids is 1. The molecule has 0 amide bonds. The van der Waals surface area contributed by atoms with Crippen molar-refractivity contribution < 1.29 is 53.4 Å². The first kappa shape index (κ1) is 41.0. The number of carboxylic acid groups (broad SMARTS) is 2. The van der Waals surface area contributed by atoms with Crippen LogP contribution in [0.2, 0.25) is 0 Å².